The summed E-state index contributed by atoms with van der Waals surface area (Å²) in [5, 5.41) is 0. The van der Waals surface area contributed by atoms with Gasteiger partial charge in [-0.3, -0.25) is 4.98 Å². The average Bonchev–Trinajstić information content (AvgIpc) is 2.39. The topological polar surface area (TPSA) is 16.1 Å². The molecular formula is C13H19ClN2. The molecule has 1 saturated heterocycles. The van der Waals surface area contributed by atoms with Gasteiger partial charge in [-0.05, 0) is 30.9 Å². The smallest absolute Gasteiger partial charge is 0.0648 e. The minimum Gasteiger partial charge on any atom is -0.371 e. The first kappa shape index (κ1) is 11.7. The third-order valence-corrected chi connectivity index (χ3v) is 3.77. The Balaban J connectivity index is 2.02. The SMILES string of the molecule is CCC1CCN(c2ccnc(CCl)c2)CC1. The Hall–Kier alpha value is -0.760. The van der Waals surface area contributed by atoms with Crippen molar-refractivity contribution in [3.8, 4) is 0 Å². The number of piperidine rings is 1. The van der Waals surface area contributed by atoms with Crippen LogP contribution in [-0.4, -0.2) is 18.1 Å². The first-order valence-electron chi connectivity index (χ1n) is 6.09. The Morgan fingerprint density at radius 3 is 2.81 bits per heavy atom. The van der Waals surface area contributed by atoms with Crippen LogP contribution in [0.4, 0.5) is 5.69 Å². The lowest BCUT2D eigenvalue weighted by atomic mass is 9.94. The molecule has 1 aromatic heterocycles. The van der Waals surface area contributed by atoms with Crippen molar-refractivity contribution in [3.63, 3.8) is 0 Å². The van der Waals surface area contributed by atoms with Gasteiger partial charge in [0.25, 0.3) is 0 Å². The summed E-state index contributed by atoms with van der Waals surface area (Å²) in [5.74, 6) is 1.42. The molecule has 0 unspecified atom stereocenters. The fraction of sp³-hybridized carbons (Fsp3) is 0.615. The van der Waals surface area contributed by atoms with E-state index in [2.05, 4.69) is 28.9 Å². The van der Waals surface area contributed by atoms with Gasteiger partial charge in [0.15, 0.2) is 0 Å². The number of anilines is 1. The molecule has 2 rings (SSSR count). The fourth-order valence-electron chi connectivity index (χ4n) is 2.33. The highest BCUT2D eigenvalue weighted by atomic mass is 35.5. The molecule has 88 valence electrons. The first-order valence-corrected chi connectivity index (χ1v) is 6.62. The maximum atomic E-state index is 5.80. The maximum Gasteiger partial charge on any atom is 0.0648 e. The predicted molar refractivity (Wildman–Crippen MR) is 69.0 cm³/mol. The molecule has 2 nitrogen and oxygen atoms in total. The monoisotopic (exact) mass is 238 g/mol. The second-order valence-corrected chi connectivity index (χ2v) is 4.74. The number of alkyl halides is 1. The molecule has 0 aliphatic carbocycles. The molecular weight excluding hydrogens is 220 g/mol. The van der Waals surface area contributed by atoms with Crippen molar-refractivity contribution >= 4 is 17.3 Å². The molecule has 1 aliphatic rings. The van der Waals surface area contributed by atoms with Crippen molar-refractivity contribution in [2.24, 2.45) is 5.92 Å². The van der Waals surface area contributed by atoms with Crippen molar-refractivity contribution in [2.45, 2.75) is 32.1 Å². The van der Waals surface area contributed by atoms with Crippen LogP contribution < -0.4 is 4.90 Å². The molecule has 0 bridgehead atoms. The van der Waals surface area contributed by atoms with E-state index in [0.717, 1.165) is 11.6 Å². The number of rotatable bonds is 3. The largest absolute Gasteiger partial charge is 0.371 e. The number of hydrogen-bond donors (Lipinski definition) is 0. The highest BCUT2D eigenvalue weighted by Crippen LogP contribution is 2.25. The molecule has 0 spiro atoms. The minimum atomic E-state index is 0.499. The standard InChI is InChI=1S/C13H19ClN2/c1-2-11-4-7-16(8-5-11)13-3-6-15-12(9-13)10-14/h3,6,9,11H,2,4-5,7-8,10H2,1H3. The summed E-state index contributed by atoms with van der Waals surface area (Å²) < 4.78 is 0. The predicted octanol–water partition coefficient (Wildman–Crippen LogP) is 3.45. The van der Waals surface area contributed by atoms with E-state index in [9.17, 15) is 0 Å². The van der Waals surface area contributed by atoms with Crippen LogP contribution in [0.25, 0.3) is 0 Å². The lowest BCUT2D eigenvalue weighted by molar-refractivity contribution is 0.395. The Morgan fingerprint density at radius 1 is 1.44 bits per heavy atom. The summed E-state index contributed by atoms with van der Waals surface area (Å²) in [5.41, 5.74) is 2.25. The number of halogens is 1. The van der Waals surface area contributed by atoms with E-state index < -0.39 is 0 Å². The van der Waals surface area contributed by atoms with Gasteiger partial charge in [-0.15, -0.1) is 11.6 Å². The summed E-state index contributed by atoms with van der Waals surface area (Å²) in [4.78, 5) is 6.67. The van der Waals surface area contributed by atoms with Crippen LogP contribution in [0.1, 0.15) is 31.9 Å². The van der Waals surface area contributed by atoms with Gasteiger partial charge >= 0.3 is 0 Å². The average molecular weight is 239 g/mol. The van der Waals surface area contributed by atoms with Crippen LogP contribution in [0.3, 0.4) is 0 Å². The van der Waals surface area contributed by atoms with Gasteiger partial charge in [0, 0.05) is 25.0 Å². The Bertz CT molecular complexity index is 332. The highest BCUT2D eigenvalue weighted by Gasteiger charge is 2.17. The van der Waals surface area contributed by atoms with Gasteiger partial charge < -0.3 is 4.90 Å². The molecule has 1 aromatic rings. The van der Waals surface area contributed by atoms with Crippen LogP contribution in [-0.2, 0) is 5.88 Å². The fourth-order valence-corrected chi connectivity index (χ4v) is 2.48. The van der Waals surface area contributed by atoms with Gasteiger partial charge in [0.1, 0.15) is 0 Å². The zero-order valence-electron chi connectivity index (χ0n) is 9.82. The van der Waals surface area contributed by atoms with E-state index in [0.29, 0.717) is 5.88 Å². The Labute approximate surface area is 103 Å². The number of nitrogens with zero attached hydrogens (tertiary/aromatic N) is 2. The second-order valence-electron chi connectivity index (χ2n) is 4.48. The summed E-state index contributed by atoms with van der Waals surface area (Å²) >= 11 is 5.80. The van der Waals surface area contributed by atoms with Crippen molar-refractivity contribution in [2.75, 3.05) is 18.0 Å². The van der Waals surface area contributed by atoms with Crippen LogP contribution in [0.2, 0.25) is 0 Å². The molecule has 3 heteroatoms. The van der Waals surface area contributed by atoms with Crippen LogP contribution >= 0.6 is 11.6 Å². The van der Waals surface area contributed by atoms with E-state index >= 15 is 0 Å². The molecule has 0 amide bonds. The third kappa shape index (κ3) is 2.67. The van der Waals surface area contributed by atoms with E-state index in [1.54, 1.807) is 0 Å². The molecule has 16 heavy (non-hydrogen) atoms. The Morgan fingerprint density at radius 2 is 2.19 bits per heavy atom. The normalized spacial score (nSPS) is 17.8. The quantitative estimate of drug-likeness (QED) is 0.750. The van der Waals surface area contributed by atoms with Gasteiger partial charge in [-0.1, -0.05) is 13.3 Å². The van der Waals surface area contributed by atoms with Gasteiger partial charge in [0.05, 0.1) is 11.6 Å². The summed E-state index contributed by atoms with van der Waals surface area (Å²) in [6.07, 6.45) is 5.81. The molecule has 0 atom stereocenters. The van der Waals surface area contributed by atoms with Gasteiger partial charge in [-0.2, -0.15) is 0 Å². The second kappa shape index (κ2) is 5.53. The first-order chi connectivity index (χ1) is 7.83. The number of hydrogen-bond acceptors (Lipinski definition) is 2. The van der Waals surface area contributed by atoms with Crippen molar-refractivity contribution in [1.29, 1.82) is 0 Å². The lowest BCUT2D eigenvalue weighted by Crippen LogP contribution is -2.33. The number of aromatic nitrogens is 1. The highest BCUT2D eigenvalue weighted by molar-refractivity contribution is 6.16. The molecule has 0 aromatic carbocycles. The molecule has 0 radical (unpaired) electrons. The minimum absolute atomic E-state index is 0.499. The number of pyridine rings is 1. The van der Waals surface area contributed by atoms with Crippen LogP contribution in [0.15, 0.2) is 18.3 Å². The summed E-state index contributed by atoms with van der Waals surface area (Å²) in [6.45, 7) is 4.63. The van der Waals surface area contributed by atoms with E-state index in [1.807, 2.05) is 6.20 Å². The molecule has 2 heterocycles. The zero-order valence-corrected chi connectivity index (χ0v) is 10.6. The summed E-state index contributed by atoms with van der Waals surface area (Å²) in [6, 6.07) is 4.20. The maximum absolute atomic E-state index is 5.80. The van der Waals surface area contributed by atoms with Crippen LogP contribution in [0, 0.1) is 5.92 Å². The zero-order chi connectivity index (χ0) is 11.4. The molecule has 1 fully saturated rings. The van der Waals surface area contributed by atoms with Gasteiger partial charge in [0.2, 0.25) is 0 Å². The molecule has 0 saturated carbocycles. The molecule has 0 N–H and O–H groups in total. The van der Waals surface area contributed by atoms with E-state index in [1.165, 1.54) is 38.0 Å². The van der Waals surface area contributed by atoms with Crippen molar-refractivity contribution in [1.82, 2.24) is 4.98 Å². The third-order valence-electron chi connectivity index (χ3n) is 3.49. The molecule has 1 aliphatic heterocycles. The van der Waals surface area contributed by atoms with E-state index in [-0.39, 0.29) is 0 Å². The van der Waals surface area contributed by atoms with Crippen molar-refractivity contribution < 1.29 is 0 Å². The summed E-state index contributed by atoms with van der Waals surface area (Å²) in [7, 11) is 0. The lowest BCUT2D eigenvalue weighted by Gasteiger charge is -2.33. The van der Waals surface area contributed by atoms with E-state index in [4.69, 9.17) is 11.6 Å². The van der Waals surface area contributed by atoms with Gasteiger partial charge in [-0.25, -0.2) is 0 Å². The van der Waals surface area contributed by atoms with Crippen molar-refractivity contribution in [3.05, 3.63) is 24.0 Å². The van der Waals surface area contributed by atoms with Crippen LogP contribution in [0.5, 0.6) is 0 Å². The Kier molecular flexibility index (Phi) is 4.05.